The third kappa shape index (κ3) is 5.58. The molecule has 4 nitrogen and oxygen atoms in total. The number of hydrogen-bond donors (Lipinski definition) is 1. The summed E-state index contributed by atoms with van der Waals surface area (Å²) in [6, 6.07) is 6.16. The molecule has 0 amide bonds. The lowest BCUT2D eigenvalue weighted by Gasteiger charge is -2.30. The lowest BCUT2D eigenvalue weighted by molar-refractivity contribution is -0.0404. The van der Waals surface area contributed by atoms with Crippen molar-refractivity contribution in [2.45, 2.75) is 26.0 Å². The summed E-state index contributed by atoms with van der Waals surface area (Å²) < 4.78 is 12.8. The van der Waals surface area contributed by atoms with E-state index in [4.69, 9.17) is 9.47 Å². The third-order valence-electron chi connectivity index (χ3n) is 3.53. The van der Waals surface area contributed by atoms with E-state index in [-0.39, 0.29) is 6.10 Å². The van der Waals surface area contributed by atoms with Crippen molar-refractivity contribution in [2.24, 2.45) is 0 Å². The molecular formula is C16H25BrN2O2. The quantitative estimate of drug-likeness (QED) is 0.761. The molecule has 1 aromatic carbocycles. The predicted molar refractivity (Wildman–Crippen MR) is 88.9 cm³/mol. The molecule has 21 heavy (non-hydrogen) atoms. The zero-order valence-electron chi connectivity index (χ0n) is 12.9. The van der Waals surface area contributed by atoms with Crippen LogP contribution in [0.25, 0.3) is 0 Å². The molecule has 1 fully saturated rings. The number of nitrogens with one attached hydrogen (secondary N) is 1. The van der Waals surface area contributed by atoms with Gasteiger partial charge in [0.1, 0.15) is 18.5 Å². The fraction of sp³-hybridized carbons (Fsp3) is 0.625. The summed E-state index contributed by atoms with van der Waals surface area (Å²) in [5, 5.41) is 3.42. The fourth-order valence-corrected chi connectivity index (χ4v) is 2.79. The highest BCUT2D eigenvalue weighted by Crippen LogP contribution is 2.23. The summed E-state index contributed by atoms with van der Waals surface area (Å²) in [7, 11) is 2.12. The van der Waals surface area contributed by atoms with Crippen LogP contribution in [0, 0.1) is 0 Å². The number of rotatable bonds is 7. The molecule has 118 valence electrons. The Balaban J connectivity index is 1.91. The maximum Gasteiger partial charge on any atom is 0.124 e. The van der Waals surface area contributed by atoms with Gasteiger partial charge in [0.2, 0.25) is 0 Å². The fourth-order valence-electron chi connectivity index (χ4n) is 2.38. The van der Waals surface area contributed by atoms with E-state index < -0.39 is 0 Å². The molecule has 0 aliphatic carbocycles. The Hall–Kier alpha value is -0.620. The summed E-state index contributed by atoms with van der Waals surface area (Å²) in [6.07, 6.45) is 1.29. The number of likely N-dealkylation sites (N-methyl/N-ethyl adjacent to an activating group) is 1. The van der Waals surface area contributed by atoms with Gasteiger partial charge in [0.15, 0.2) is 0 Å². The van der Waals surface area contributed by atoms with E-state index in [0.29, 0.717) is 6.61 Å². The molecule has 1 aliphatic rings. The first kappa shape index (κ1) is 16.7. The van der Waals surface area contributed by atoms with Gasteiger partial charge in [-0.1, -0.05) is 22.9 Å². The largest absolute Gasteiger partial charge is 0.490 e. The maximum absolute atomic E-state index is 6.00. The second kappa shape index (κ2) is 8.73. The summed E-state index contributed by atoms with van der Waals surface area (Å²) in [4.78, 5) is 2.28. The molecule has 2 rings (SSSR count). The average Bonchev–Trinajstić information content (AvgIpc) is 2.47. The van der Waals surface area contributed by atoms with Crippen LogP contribution >= 0.6 is 15.9 Å². The van der Waals surface area contributed by atoms with E-state index in [1.807, 2.05) is 12.1 Å². The zero-order valence-corrected chi connectivity index (χ0v) is 14.5. The molecule has 0 saturated carbocycles. The van der Waals surface area contributed by atoms with Gasteiger partial charge in [0.05, 0.1) is 6.61 Å². The Labute approximate surface area is 135 Å². The monoisotopic (exact) mass is 356 g/mol. The van der Waals surface area contributed by atoms with Crippen LogP contribution in [0.15, 0.2) is 22.7 Å². The minimum absolute atomic E-state index is 0.156. The van der Waals surface area contributed by atoms with Crippen molar-refractivity contribution >= 4 is 15.9 Å². The van der Waals surface area contributed by atoms with Crippen molar-refractivity contribution in [2.75, 3.05) is 39.9 Å². The molecule has 1 unspecified atom stereocenters. The van der Waals surface area contributed by atoms with E-state index in [1.54, 1.807) is 0 Å². The first-order chi connectivity index (χ1) is 10.2. The number of benzene rings is 1. The van der Waals surface area contributed by atoms with Gasteiger partial charge in [0.25, 0.3) is 0 Å². The Morgan fingerprint density at radius 1 is 1.48 bits per heavy atom. The summed E-state index contributed by atoms with van der Waals surface area (Å²) >= 11 is 3.53. The Morgan fingerprint density at radius 3 is 3.10 bits per heavy atom. The van der Waals surface area contributed by atoms with Crippen molar-refractivity contribution in [3.8, 4) is 5.75 Å². The van der Waals surface area contributed by atoms with Crippen LogP contribution in [0.1, 0.15) is 18.9 Å². The average molecular weight is 357 g/mol. The topological polar surface area (TPSA) is 33.7 Å². The molecule has 1 heterocycles. The SMILES string of the molecule is CCCNCc1cc(Br)ccc1OCC1CN(C)CCO1. The van der Waals surface area contributed by atoms with Crippen LogP contribution in [0.3, 0.4) is 0 Å². The Morgan fingerprint density at radius 2 is 2.33 bits per heavy atom. The van der Waals surface area contributed by atoms with E-state index in [0.717, 1.165) is 49.4 Å². The molecule has 5 heteroatoms. The number of ether oxygens (including phenoxy) is 2. The summed E-state index contributed by atoms with van der Waals surface area (Å²) in [5.74, 6) is 0.943. The van der Waals surface area contributed by atoms with E-state index in [2.05, 4.69) is 46.2 Å². The van der Waals surface area contributed by atoms with Crippen LogP contribution in [0.2, 0.25) is 0 Å². The predicted octanol–water partition coefficient (Wildman–Crippen LogP) is 2.66. The standard InChI is InChI=1S/C16H25BrN2O2/c1-3-6-18-10-13-9-14(17)4-5-16(13)21-12-15-11-19(2)7-8-20-15/h4-5,9,15,18H,3,6-8,10-12H2,1-2H3. The van der Waals surface area contributed by atoms with Gasteiger partial charge in [-0.25, -0.2) is 0 Å². The van der Waals surface area contributed by atoms with E-state index in [1.165, 1.54) is 5.56 Å². The van der Waals surface area contributed by atoms with Crippen molar-refractivity contribution in [3.63, 3.8) is 0 Å². The van der Waals surface area contributed by atoms with Crippen molar-refractivity contribution in [3.05, 3.63) is 28.2 Å². The zero-order chi connectivity index (χ0) is 15.1. The highest BCUT2D eigenvalue weighted by Gasteiger charge is 2.18. The number of morpholine rings is 1. The maximum atomic E-state index is 6.00. The summed E-state index contributed by atoms with van der Waals surface area (Å²) in [5.41, 5.74) is 1.18. The lowest BCUT2D eigenvalue weighted by atomic mass is 10.2. The number of nitrogens with zero attached hydrogens (tertiary/aromatic N) is 1. The third-order valence-corrected chi connectivity index (χ3v) is 4.02. The molecule has 1 aliphatic heterocycles. The van der Waals surface area contributed by atoms with Gasteiger partial charge in [0, 0.05) is 29.7 Å². The molecule has 1 aromatic rings. The van der Waals surface area contributed by atoms with Gasteiger partial charge >= 0.3 is 0 Å². The molecule has 1 N–H and O–H groups in total. The number of hydrogen-bond acceptors (Lipinski definition) is 4. The first-order valence-electron chi connectivity index (χ1n) is 7.61. The minimum atomic E-state index is 0.156. The molecule has 0 aromatic heterocycles. The molecule has 0 radical (unpaired) electrons. The molecule has 0 bridgehead atoms. The van der Waals surface area contributed by atoms with Gasteiger partial charge in [-0.3, -0.25) is 0 Å². The van der Waals surface area contributed by atoms with Crippen molar-refractivity contribution in [1.29, 1.82) is 0 Å². The van der Waals surface area contributed by atoms with Gasteiger partial charge in [-0.15, -0.1) is 0 Å². The normalized spacial score (nSPS) is 19.7. The molecular weight excluding hydrogens is 332 g/mol. The second-order valence-electron chi connectivity index (χ2n) is 5.49. The molecule has 1 atom stereocenters. The van der Waals surface area contributed by atoms with Crippen LogP contribution in [0.5, 0.6) is 5.75 Å². The smallest absolute Gasteiger partial charge is 0.124 e. The minimum Gasteiger partial charge on any atom is -0.490 e. The van der Waals surface area contributed by atoms with Gasteiger partial charge in [-0.2, -0.15) is 0 Å². The summed E-state index contributed by atoms with van der Waals surface area (Å²) in [6.45, 7) is 7.34. The first-order valence-corrected chi connectivity index (χ1v) is 8.40. The van der Waals surface area contributed by atoms with Crippen LogP contribution < -0.4 is 10.1 Å². The van der Waals surface area contributed by atoms with Crippen LogP contribution in [-0.2, 0) is 11.3 Å². The second-order valence-corrected chi connectivity index (χ2v) is 6.41. The highest BCUT2D eigenvalue weighted by molar-refractivity contribution is 9.10. The van der Waals surface area contributed by atoms with Crippen LogP contribution in [-0.4, -0.2) is 50.9 Å². The molecule has 0 spiro atoms. The molecule has 1 saturated heterocycles. The van der Waals surface area contributed by atoms with E-state index in [9.17, 15) is 0 Å². The van der Waals surface area contributed by atoms with Gasteiger partial charge < -0.3 is 19.7 Å². The van der Waals surface area contributed by atoms with Crippen molar-refractivity contribution in [1.82, 2.24) is 10.2 Å². The van der Waals surface area contributed by atoms with E-state index >= 15 is 0 Å². The van der Waals surface area contributed by atoms with Crippen molar-refractivity contribution < 1.29 is 9.47 Å². The van der Waals surface area contributed by atoms with Crippen LogP contribution in [0.4, 0.5) is 0 Å². The Bertz CT molecular complexity index is 442. The highest BCUT2D eigenvalue weighted by atomic mass is 79.9. The Kier molecular flexibility index (Phi) is 6.96. The van der Waals surface area contributed by atoms with Gasteiger partial charge in [-0.05, 0) is 38.2 Å². The number of halogens is 1. The lowest BCUT2D eigenvalue weighted by Crippen LogP contribution is -2.42.